The van der Waals surface area contributed by atoms with Gasteiger partial charge in [0.15, 0.2) is 5.78 Å². The Bertz CT molecular complexity index is 376. The molecule has 2 nitrogen and oxygen atoms in total. The molecule has 0 spiro atoms. The third-order valence-electron chi connectivity index (χ3n) is 4.55. The summed E-state index contributed by atoms with van der Waals surface area (Å²) in [6.45, 7) is 8.52. The van der Waals surface area contributed by atoms with Crippen LogP contribution in [-0.2, 0) is 4.79 Å². The normalized spacial score (nSPS) is 35.8. The lowest BCUT2D eigenvalue weighted by atomic mass is 9.52. The van der Waals surface area contributed by atoms with Gasteiger partial charge in [0.25, 0.3) is 0 Å². The lowest BCUT2D eigenvalue weighted by molar-refractivity contribution is -0.121. The SMILES string of the molecule is C=C1CC/C=C(\CO)C(=O)C[C@@H]2[C@@H]1CC2(C)C. The van der Waals surface area contributed by atoms with E-state index in [1.165, 1.54) is 5.57 Å². The van der Waals surface area contributed by atoms with E-state index in [1.807, 2.05) is 6.08 Å². The minimum Gasteiger partial charge on any atom is -0.392 e. The van der Waals surface area contributed by atoms with Gasteiger partial charge in [0.05, 0.1) is 6.61 Å². The summed E-state index contributed by atoms with van der Waals surface area (Å²) in [6.07, 6.45) is 5.41. The molecule has 0 unspecified atom stereocenters. The predicted molar refractivity (Wildman–Crippen MR) is 68.5 cm³/mol. The average molecular weight is 234 g/mol. The zero-order valence-corrected chi connectivity index (χ0v) is 10.8. The van der Waals surface area contributed by atoms with E-state index in [1.54, 1.807) is 0 Å². The van der Waals surface area contributed by atoms with Crippen LogP contribution >= 0.6 is 0 Å². The van der Waals surface area contributed by atoms with Crippen molar-refractivity contribution in [1.82, 2.24) is 0 Å². The smallest absolute Gasteiger partial charge is 0.161 e. The number of rotatable bonds is 1. The van der Waals surface area contributed by atoms with Gasteiger partial charge in [-0.15, -0.1) is 0 Å². The minimum atomic E-state index is -0.122. The Morgan fingerprint density at radius 1 is 1.53 bits per heavy atom. The lowest BCUT2D eigenvalue weighted by Crippen LogP contribution is -2.45. The third-order valence-corrected chi connectivity index (χ3v) is 4.55. The number of hydrogen-bond acceptors (Lipinski definition) is 2. The van der Waals surface area contributed by atoms with E-state index in [0.29, 0.717) is 23.8 Å². The van der Waals surface area contributed by atoms with Crippen LogP contribution in [0.5, 0.6) is 0 Å². The van der Waals surface area contributed by atoms with Crippen LogP contribution in [0.1, 0.15) is 39.5 Å². The summed E-state index contributed by atoms with van der Waals surface area (Å²) in [6, 6.07) is 0. The molecular formula is C15H22O2. The van der Waals surface area contributed by atoms with Gasteiger partial charge in [-0.2, -0.15) is 0 Å². The van der Waals surface area contributed by atoms with Crippen LogP contribution in [0.2, 0.25) is 0 Å². The maximum Gasteiger partial charge on any atom is 0.161 e. The fourth-order valence-corrected chi connectivity index (χ4v) is 3.31. The van der Waals surface area contributed by atoms with E-state index in [-0.39, 0.29) is 17.8 Å². The van der Waals surface area contributed by atoms with E-state index < -0.39 is 0 Å². The summed E-state index contributed by atoms with van der Waals surface area (Å²) < 4.78 is 0. The van der Waals surface area contributed by atoms with E-state index in [0.717, 1.165) is 19.3 Å². The van der Waals surface area contributed by atoms with Gasteiger partial charge in [-0.1, -0.05) is 32.1 Å². The van der Waals surface area contributed by atoms with Crippen LogP contribution < -0.4 is 0 Å². The largest absolute Gasteiger partial charge is 0.392 e. The summed E-state index contributed by atoms with van der Waals surface area (Å²) in [5.74, 6) is 1.06. The van der Waals surface area contributed by atoms with Crippen molar-refractivity contribution >= 4 is 5.78 Å². The van der Waals surface area contributed by atoms with Gasteiger partial charge in [0, 0.05) is 12.0 Å². The molecular weight excluding hydrogens is 212 g/mol. The van der Waals surface area contributed by atoms with Crippen molar-refractivity contribution in [2.24, 2.45) is 17.3 Å². The van der Waals surface area contributed by atoms with E-state index in [2.05, 4.69) is 20.4 Å². The first kappa shape index (κ1) is 12.6. The monoisotopic (exact) mass is 234 g/mol. The van der Waals surface area contributed by atoms with E-state index in [9.17, 15) is 9.90 Å². The van der Waals surface area contributed by atoms with Crippen LogP contribution in [-0.4, -0.2) is 17.5 Å². The highest BCUT2D eigenvalue weighted by atomic mass is 16.3. The number of ketones is 1. The standard InChI is InChI=1S/C15H22O2/c1-10-5-4-6-11(9-16)14(17)7-13-12(10)8-15(13,2)3/h6,12-13,16H,1,4-5,7-9H2,2-3H3/b11-6+/t12-,13-/m1/s1. The van der Waals surface area contributed by atoms with Crippen LogP contribution in [0.25, 0.3) is 0 Å². The number of aliphatic hydroxyl groups is 1. The first-order valence-corrected chi connectivity index (χ1v) is 6.46. The number of carbonyl (C=O) groups is 1. The number of fused-ring (bicyclic) bond motifs is 1. The van der Waals surface area contributed by atoms with Gasteiger partial charge in [0.2, 0.25) is 0 Å². The summed E-state index contributed by atoms with van der Waals surface area (Å²) in [5.41, 5.74) is 2.13. The van der Waals surface area contributed by atoms with Gasteiger partial charge in [-0.25, -0.2) is 0 Å². The van der Waals surface area contributed by atoms with Crippen molar-refractivity contribution in [1.29, 1.82) is 0 Å². The van der Waals surface area contributed by atoms with Crippen LogP contribution in [0.3, 0.4) is 0 Å². The fourth-order valence-electron chi connectivity index (χ4n) is 3.31. The van der Waals surface area contributed by atoms with Crippen molar-refractivity contribution in [2.75, 3.05) is 6.61 Å². The quantitative estimate of drug-likeness (QED) is 0.708. The molecule has 1 saturated carbocycles. The molecule has 0 radical (unpaired) electrons. The summed E-state index contributed by atoms with van der Waals surface area (Å²) in [7, 11) is 0. The van der Waals surface area contributed by atoms with Crippen molar-refractivity contribution in [3.05, 3.63) is 23.8 Å². The zero-order valence-electron chi connectivity index (χ0n) is 10.8. The molecule has 2 atom stereocenters. The zero-order chi connectivity index (χ0) is 12.6. The van der Waals surface area contributed by atoms with Crippen molar-refractivity contribution < 1.29 is 9.90 Å². The molecule has 0 amide bonds. The highest BCUT2D eigenvalue weighted by Crippen LogP contribution is 2.56. The van der Waals surface area contributed by atoms with Gasteiger partial charge in [0.1, 0.15) is 0 Å². The van der Waals surface area contributed by atoms with Gasteiger partial charge in [-0.05, 0) is 36.5 Å². The molecule has 0 aliphatic heterocycles. The maximum absolute atomic E-state index is 12.1. The Balaban J connectivity index is 2.22. The Morgan fingerprint density at radius 2 is 2.24 bits per heavy atom. The number of hydrogen-bond donors (Lipinski definition) is 1. The van der Waals surface area contributed by atoms with E-state index in [4.69, 9.17) is 0 Å². The minimum absolute atomic E-state index is 0.122. The van der Waals surface area contributed by atoms with Crippen LogP contribution in [0.4, 0.5) is 0 Å². The molecule has 2 heteroatoms. The van der Waals surface area contributed by atoms with Crippen LogP contribution in [0, 0.1) is 17.3 Å². The second-order valence-electron chi connectivity index (χ2n) is 6.12. The Kier molecular flexibility index (Phi) is 3.26. The summed E-state index contributed by atoms with van der Waals surface area (Å²) >= 11 is 0. The van der Waals surface area contributed by atoms with Crippen molar-refractivity contribution in [3.8, 4) is 0 Å². The highest BCUT2D eigenvalue weighted by molar-refractivity contribution is 5.95. The molecule has 0 aromatic heterocycles. The predicted octanol–water partition coefficient (Wildman–Crippen LogP) is 2.88. The van der Waals surface area contributed by atoms with Gasteiger partial charge >= 0.3 is 0 Å². The fraction of sp³-hybridized carbons (Fsp3) is 0.667. The molecule has 2 aliphatic carbocycles. The number of Topliss-reactive ketones (excluding diaryl/α,β-unsaturated/α-hetero) is 1. The van der Waals surface area contributed by atoms with Crippen LogP contribution in [0.15, 0.2) is 23.8 Å². The number of carbonyl (C=O) groups excluding carboxylic acids is 1. The molecule has 2 aliphatic rings. The molecule has 0 aromatic carbocycles. The molecule has 94 valence electrons. The molecule has 17 heavy (non-hydrogen) atoms. The summed E-state index contributed by atoms with van der Waals surface area (Å²) in [4.78, 5) is 12.1. The highest BCUT2D eigenvalue weighted by Gasteiger charge is 2.48. The second kappa shape index (κ2) is 4.41. The molecule has 0 saturated heterocycles. The van der Waals surface area contributed by atoms with Crippen molar-refractivity contribution in [2.45, 2.75) is 39.5 Å². The molecule has 0 heterocycles. The molecule has 0 aromatic rings. The first-order chi connectivity index (χ1) is 7.95. The van der Waals surface area contributed by atoms with Gasteiger partial charge < -0.3 is 5.11 Å². The topological polar surface area (TPSA) is 37.3 Å². The first-order valence-electron chi connectivity index (χ1n) is 6.46. The second-order valence-corrected chi connectivity index (χ2v) is 6.12. The maximum atomic E-state index is 12.1. The Labute approximate surface area is 103 Å². The van der Waals surface area contributed by atoms with Crippen molar-refractivity contribution in [3.63, 3.8) is 0 Å². The average Bonchev–Trinajstić information content (AvgIpc) is 2.31. The molecule has 2 rings (SSSR count). The van der Waals surface area contributed by atoms with E-state index >= 15 is 0 Å². The lowest BCUT2D eigenvalue weighted by Gasteiger charge is -2.52. The Morgan fingerprint density at radius 3 is 2.82 bits per heavy atom. The molecule has 1 N–H and O–H groups in total. The number of allylic oxidation sites excluding steroid dienone is 2. The molecule has 0 bridgehead atoms. The third kappa shape index (κ3) is 2.23. The number of aliphatic hydroxyl groups excluding tert-OH is 1. The summed E-state index contributed by atoms with van der Waals surface area (Å²) in [5, 5.41) is 9.22. The van der Waals surface area contributed by atoms with Gasteiger partial charge in [-0.3, -0.25) is 4.79 Å². The Hall–Kier alpha value is -0.890. The molecule has 1 fully saturated rings.